The van der Waals surface area contributed by atoms with Crippen LogP contribution in [-0.4, -0.2) is 12.1 Å². The number of hydrogen-bond donors (Lipinski definition) is 0. The van der Waals surface area contributed by atoms with Gasteiger partial charge in [0, 0.05) is 5.56 Å². The first kappa shape index (κ1) is 19.8. The zero-order valence-electron chi connectivity index (χ0n) is 13.7. The van der Waals surface area contributed by atoms with Crippen molar-refractivity contribution in [1.29, 1.82) is 0 Å². The minimum atomic E-state index is -1.40. The van der Waals surface area contributed by atoms with E-state index >= 15 is 0 Å². The van der Waals surface area contributed by atoms with Crippen LogP contribution in [0.4, 0.5) is 0 Å². The van der Waals surface area contributed by atoms with E-state index in [1.54, 1.807) is 66.7 Å². The van der Waals surface area contributed by atoms with Crippen molar-refractivity contribution in [3.63, 3.8) is 0 Å². The standard InChI is InChI=1S/C20H12Cl4O3/c21-13-8-4-9-14(22)18(13)26-20(17(25)12-6-2-1-3-7-12)27-19-15(23)10-5-11-16(19)24/h1-11,20H. The fraction of sp³-hybridized carbons (Fsp3) is 0.0500. The third kappa shape index (κ3) is 4.69. The highest BCUT2D eigenvalue weighted by Crippen LogP contribution is 2.37. The normalized spacial score (nSPS) is 10.7. The van der Waals surface area contributed by atoms with E-state index in [4.69, 9.17) is 55.9 Å². The summed E-state index contributed by atoms with van der Waals surface area (Å²) in [4.78, 5) is 13.0. The summed E-state index contributed by atoms with van der Waals surface area (Å²) in [5, 5.41) is 0.953. The Bertz CT molecular complexity index is 867. The Kier molecular flexibility index (Phi) is 6.51. The van der Waals surface area contributed by atoms with E-state index in [-0.39, 0.29) is 31.6 Å². The van der Waals surface area contributed by atoms with Gasteiger partial charge in [-0.2, -0.15) is 0 Å². The Hall–Kier alpha value is -1.91. The van der Waals surface area contributed by atoms with Crippen molar-refractivity contribution in [2.45, 2.75) is 6.29 Å². The number of rotatable bonds is 6. The van der Waals surface area contributed by atoms with E-state index in [2.05, 4.69) is 0 Å². The van der Waals surface area contributed by atoms with Gasteiger partial charge in [0.2, 0.25) is 5.78 Å². The molecule has 0 aliphatic rings. The molecule has 0 saturated heterocycles. The van der Waals surface area contributed by atoms with E-state index in [1.165, 1.54) is 0 Å². The Morgan fingerprint density at radius 1 is 0.630 bits per heavy atom. The predicted molar refractivity (Wildman–Crippen MR) is 109 cm³/mol. The molecule has 3 rings (SSSR count). The van der Waals surface area contributed by atoms with Gasteiger partial charge in [0.25, 0.3) is 0 Å². The summed E-state index contributed by atoms with van der Waals surface area (Å²) >= 11 is 24.6. The van der Waals surface area contributed by atoms with E-state index in [1.807, 2.05) is 0 Å². The molecule has 3 nitrogen and oxygen atoms in total. The van der Waals surface area contributed by atoms with E-state index in [9.17, 15) is 4.79 Å². The molecule has 0 bridgehead atoms. The minimum Gasteiger partial charge on any atom is -0.444 e. The van der Waals surface area contributed by atoms with Crippen LogP contribution in [-0.2, 0) is 0 Å². The van der Waals surface area contributed by atoms with Crippen LogP contribution in [0.25, 0.3) is 0 Å². The van der Waals surface area contributed by atoms with Gasteiger partial charge in [-0.3, -0.25) is 4.79 Å². The van der Waals surface area contributed by atoms with Gasteiger partial charge in [-0.25, -0.2) is 0 Å². The summed E-state index contributed by atoms with van der Waals surface area (Å²) in [6.07, 6.45) is -1.40. The first-order valence-electron chi connectivity index (χ1n) is 7.78. The van der Waals surface area contributed by atoms with E-state index < -0.39 is 12.1 Å². The Labute approximate surface area is 176 Å². The molecule has 0 radical (unpaired) electrons. The van der Waals surface area contributed by atoms with Gasteiger partial charge in [0.1, 0.15) is 0 Å². The number of ether oxygens (including phenoxy) is 2. The number of benzene rings is 3. The lowest BCUT2D eigenvalue weighted by molar-refractivity contribution is 0.0126. The van der Waals surface area contributed by atoms with Crippen LogP contribution >= 0.6 is 46.4 Å². The third-order valence-corrected chi connectivity index (χ3v) is 4.75. The molecule has 0 atom stereocenters. The molecule has 3 aromatic carbocycles. The number of halogens is 4. The molecule has 0 saturated carbocycles. The first-order valence-corrected chi connectivity index (χ1v) is 9.29. The van der Waals surface area contributed by atoms with Crippen LogP contribution < -0.4 is 9.47 Å². The van der Waals surface area contributed by atoms with Gasteiger partial charge < -0.3 is 9.47 Å². The predicted octanol–water partition coefficient (Wildman–Crippen LogP) is 6.97. The molecule has 0 N–H and O–H groups in total. The second-order valence-electron chi connectivity index (χ2n) is 5.40. The number of carbonyl (C=O) groups is 1. The van der Waals surface area contributed by atoms with Crippen molar-refractivity contribution in [3.05, 3.63) is 92.4 Å². The summed E-state index contributed by atoms with van der Waals surface area (Å²) in [5.74, 6) is -0.195. The highest BCUT2D eigenvalue weighted by molar-refractivity contribution is 6.37. The van der Waals surface area contributed by atoms with Crippen molar-refractivity contribution in [2.24, 2.45) is 0 Å². The molecular formula is C20H12Cl4O3. The molecule has 3 aromatic rings. The summed E-state index contributed by atoms with van der Waals surface area (Å²) in [6, 6.07) is 18.2. The van der Waals surface area contributed by atoms with Gasteiger partial charge in [-0.1, -0.05) is 88.9 Å². The number of Topliss-reactive ketones (excluding diaryl/α,β-unsaturated/α-hetero) is 1. The molecule has 0 heterocycles. The van der Waals surface area contributed by atoms with Crippen LogP contribution in [0, 0.1) is 0 Å². The highest BCUT2D eigenvalue weighted by Gasteiger charge is 2.27. The maximum atomic E-state index is 13.0. The smallest absolute Gasteiger partial charge is 0.305 e. The molecule has 138 valence electrons. The molecule has 27 heavy (non-hydrogen) atoms. The van der Waals surface area contributed by atoms with Crippen molar-refractivity contribution in [1.82, 2.24) is 0 Å². The van der Waals surface area contributed by atoms with Crippen LogP contribution in [0.1, 0.15) is 10.4 Å². The average molecular weight is 442 g/mol. The molecule has 0 fully saturated rings. The van der Waals surface area contributed by atoms with Crippen LogP contribution in [0.5, 0.6) is 11.5 Å². The lowest BCUT2D eigenvalue weighted by Gasteiger charge is -2.22. The summed E-state index contributed by atoms with van der Waals surface area (Å²) in [7, 11) is 0. The van der Waals surface area contributed by atoms with Crippen molar-refractivity contribution < 1.29 is 14.3 Å². The topological polar surface area (TPSA) is 35.5 Å². The fourth-order valence-electron chi connectivity index (χ4n) is 2.27. The Morgan fingerprint density at radius 3 is 1.44 bits per heavy atom. The first-order chi connectivity index (χ1) is 13.0. The molecule has 0 unspecified atom stereocenters. The Morgan fingerprint density at radius 2 is 1.04 bits per heavy atom. The monoisotopic (exact) mass is 440 g/mol. The number of hydrogen-bond acceptors (Lipinski definition) is 3. The molecule has 0 amide bonds. The van der Waals surface area contributed by atoms with Crippen molar-refractivity contribution >= 4 is 52.2 Å². The average Bonchev–Trinajstić information content (AvgIpc) is 2.66. The van der Waals surface area contributed by atoms with Crippen LogP contribution in [0.3, 0.4) is 0 Å². The lowest BCUT2D eigenvalue weighted by atomic mass is 10.1. The van der Waals surface area contributed by atoms with Gasteiger partial charge in [-0.05, 0) is 24.3 Å². The maximum absolute atomic E-state index is 13.0. The van der Waals surface area contributed by atoms with Crippen LogP contribution in [0.2, 0.25) is 20.1 Å². The zero-order valence-corrected chi connectivity index (χ0v) is 16.7. The van der Waals surface area contributed by atoms with Gasteiger partial charge >= 0.3 is 6.29 Å². The van der Waals surface area contributed by atoms with Gasteiger partial charge in [-0.15, -0.1) is 0 Å². The second kappa shape index (κ2) is 8.85. The highest BCUT2D eigenvalue weighted by atomic mass is 35.5. The number of carbonyl (C=O) groups excluding carboxylic acids is 1. The number of ketones is 1. The molecule has 0 spiro atoms. The van der Waals surface area contributed by atoms with Gasteiger partial charge in [0.05, 0.1) is 20.1 Å². The zero-order chi connectivity index (χ0) is 19.4. The largest absolute Gasteiger partial charge is 0.444 e. The lowest BCUT2D eigenvalue weighted by Crippen LogP contribution is -2.34. The minimum absolute atomic E-state index is 0.123. The van der Waals surface area contributed by atoms with Crippen molar-refractivity contribution in [3.8, 4) is 11.5 Å². The number of para-hydroxylation sites is 2. The second-order valence-corrected chi connectivity index (χ2v) is 7.03. The van der Waals surface area contributed by atoms with E-state index in [0.29, 0.717) is 5.56 Å². The molecule has 0 aromatic heterocycles. The van der Waals surface area contributed by atoms with Crippen LogP contribution in [0.15, 0.2) is 66.7 Å². The van der Waals surface area contributed by atoms with E-state index in [0.717, 1.165) is 0 Å². The fourth-order valence-corrected chi connectivity index (χ4v) is 3.25. The summed E-state index contributed by atoms with van der Waals surface area (Å²) in [5.41, 5.74) is 0.383. The quantitative estimate of drug-likeness (QED) is 0.306. The van der Waals surface area contributed by atoms with Gasteiger partial charge in [0.15, 0.2) is 11.5 Å². The summed E-state index contributed by atoms with van der Waals surface area (Å²) in [6.45, 7) is 0. The third-order valence-electron chi connectivity index (χ3n) is 3.56. The molecule has 0 aliphatic carbocycles. The molecule has 7 heteroatoms. The summed E-state index contributed by atoms with van der Waals surface area (Å²) < 4.78 is 11.5. The van der Waals surface area contributed by atoms with Crippen molar-refractivity contribution in [2.75, 3.05) is 0 Å². The SMILES string of the molecule is O=C(c1ccccc1)C(Oc1c(Cl)cccc1Cl)Oc1c(Cl)cccc1Cl. The molecular weight excluding hydrogens is 430 g/mol. The maximum Gasteiger partial charge on any atom is 0.305 e. The molecule has 0 aliphatic heterocycles. The Balaban J connectivity index is 2.00.